The first-order valence-electron chi connectivity index (χ1n) is 5.73. The fourth-order valence-corrected chi connectivity index (χ4v) is 1.89. The summed E-state index contributed by atoms with van der Waals surface area (Å²) in [4.78, 5) is 13.5. The van der Waals surface area contributed by atoms with E-state index in [1.807, 2.05) is 17.9 Å². The fraction of sp³-hybridized carbons (Fsp3) is 0.750. The van der Waals surface area contributed by atoms with Gasteiger partial charge in [-0.25, -0.2) is 0 Å². The van der Waals surface area contributed by atoms with Gasteiger partial charge >= 0.3 is 0 Å². The van der Waals surface area contributed by atoms with Gasteiger partial charge in [-0.1, -0.05) is 19.1 Å². The van der Waals surface area contributed by atoms with Crippen molar-refractivity contribution in [1.29, 1.82) is 0 Å². The summed E-state index contributed by atoms with van der Waals surface area (Å²) in [7, 11) is 3.31. The SMILES string of the molecule is CCC(=O)N1CC/C=C\C(OC)C(OC)C1. The highest BCUT2D eigenvalue weighted by atomic mass is 16.5. The van der Waals surface area contributed by atoms with Crippen molar-refractivity contribution in [2.45, 2.75) is 32.0 Å². The zero-order chi connectivity index (χ0) is 12.0. The van der Waals surface area contributed by atoms with Gasteiger partial charge in [-0.15, -0.1) is 0 Å². The number of amides is 1. The van der Waals surface area contributed by atoms with E-state index in [2.05, 4.69) is 6.08 Å². The molecule has 92 valence electrons. The molecule has 4 nitrogen and oxygen atoms in total. The van der Waals surface area contributed by atoms with Crippen LogP contribution in [0.4, 0.5) is 0 Å². The lowest BCUT2D eigenvalue weighted by atomic mass is 10.1. The average Bonchev–Trinajstić information content (AvgIpc) is 2.29. The molecule has 0 saturated carbocycles. The van der Waals surface area contributed by atoms with Gasteiger partial charge in [-0.05, 0) is 6.42 Å². The molecule has 4 heteroatoms. The van der Waals surface area contributed by atoms with Crippen LogP contribution in [0.3, 0.4) is 0 Å². The third-order valence-corrected chi connectivity index (χ3v) is 2.89. The molecule has 0 fully saturated rings. The summed E-state index contributed by atoms with van der Waals surface area (Å²) >= 11 is 0. The van der Waals surface area contributed by atoms with Crippen LogP contribution in [0.1, 0.15) is 19.8 Å². The lowest BCUT2D eigenvalue weighted by molar-refractivity contribution is -0.134. The van der Waals surface area contributed by atoms with E-state index in [1.54, 1.807) is 14.2 Å². The van der Waals surface area contributed by atoms with Crippen molar-refractivity contribution >= 4 is 5.91 Å². The average molecular weight is 227 g/mol. The molecule has 1 amide bonds. The Bertz CT molecular complexity index is 253. The molecule has 0 saturated heterocycles. The molecule has 1 rings (SSSR count). The molecule has 0 spiro atoms. The van der Waals surface area contributed by atoms with E-state index >= 15 is 0 Å². The highest BCUT2D eigenvalue weighted by Crippen LogP contribution is 2.12. The zero-order valence-corrected chi connectivity index (χ0v) is 10.3. The molecule has 2 unspecified atom stereocenters. The predicted molar refractivity (Wildman–Crippen MR) is 62.2 cm³/mol. The maximum Gasteiger partial charge on any atom is 0.222 e. The van der Waals surface area contributed by atoms with Crippen LogP contribution < -0.4 is 0 Å². The summed E-state index contributed by atoms with van der Waals surface area (Å²) in [6.45, 7) is 3.25. The van der Waals surface area contributed by atoms with Crippen LogP contribution in [0.5, 0.6) is 0 Å². The Morgan fingerprint density at radius 1 is 1.44 bits per heavy atom. The number of carbonyl (C=O) groups is 1. The van der Waals surface area contributed by atoms with Crippen LogP contribution >= 0.6 is 0 Å². The van der Waals surface area contributed by atoms with Crippen molar-refractivity contribution in [3.05, 3.63) is 12.2 Å². The smallest absolute Gasteiger partial charge is 0.222 e. The monoisotopic (exact) mass is 227 g/mol. The summed E-state index contributed by atoms with van der Waals surface area (Å²) in [5.74, 6) is 0.173. The number of ether oxygens (including phenoxy) is 2. The summed E-state index contributed by atoms with van der Waals surface area (Å²) in [6.07, 6.45) is 5.33. The summed E-state index contributed by atoms with van der Waals surface area (Å²) in [5, 5.41) is 0. The van der Waals surface area contributed by atoms with Crippen molar-refractivity contribution in [3.8, 4) is 0 Å². The Morgan fingerprint density at radius 3 is 2.75 bits per heavy atom. The van der Waals surface area contributed by atoms with E-state index in [4.69, 9.17) is 9.47 Å². The van der Waals surface area contributed by atoms with Gasteiger partial charge in [0.25, 0.3) is 0 Å². The molecule has 0 aromatic rings. The largest absolute Gasteiger partial charge is 0.377 e. The second kappa shape index (κ2) is 6.66. The highest BCUT2D eigenvalue weighted by Gasteiger charge is 2.24. The number of carbonyl (C=O) groups excluding carboxylic acids is 1. The molecule has 1 aliphatic rings. The van der Waals surface area contributed by atoms with Crippen LogP contribution in [-0.4, -0.2) is 50.3 Å². The topological polar surface area (TPSA) is 38.8 Å². The quantitative estimate of drug-likeness (QED) is 0.680. The van der Waals surface area contributed by atoms with E-state index in [0.717, 1.165) is 13.0 Å². The molecule has 0 aromatic heterocycles. The molecule has 1 heterocycles. The van der Waals surface area contributed by atoms with Gasteiger partial charge in [0.05, 0.1) is 0 Å². The van der Waals surface area contributed by atoms with Gasteiger partial charge in [-0.2, -0.15) is 0 Å². The minimum Gasteiger partial charge on any atom is -0.377 e. The van der Waals surface area contributed by atoms with Crippen LogP contribution in [0.15, 0.2) is 12.2 Å². The number of nitrogens with zero attached hydrogens (tertiary/aromatic N) is 1. The van der Waals surface area contributed by atoms with Crippen molar-refractivity contribution in [1.82, 2.24) is 4.90 Å². The number of hydrogen-bond donors (Lipinski definition) is 0. The standard InChI is InChI=1S/C12H21NO3/c1-4-12(14)13-8-6-5-7-10(15-2)11(9-13)16-3/h5,7,10-11H,4,6,8-9H2,1-3H3/b7-5-. The fourth-order valence-electron chi connectivity index (χ4n) is 1.89. The Kier molecular flexibility index (Phi) is 5.49. The van der Waals surface area contributed by atoms with Gasteiger partial charge in [-0.3, -0.25) is 4.79 Å². The van der Waals surface area contributed by atoms with Crippen molar-refractivity contribution in [2.24, 2.45) is 0 Å². The summed E-state index contributed by atoms with van der Waals surface area (Å²) in [6, 6.07) is 0. The van der Waals surface area contributed by atoms with Gasteiger partial charge in [0.2, 0.25) is 5.91 Å². The molecule has 0 radical (unpaired) electrons. The van der Waals surface area contributed by atoms with Crippen molar-refractivity contribution < 1.29 is 14.3 Å². The first-order chi connectivity index (χ1) is 7.72. The first kappa shape index (κ1) is 13.2. The lowest BCUT2D eigenvalue weighted by Gasteiger charge is -2.31. The highest BCUT2D eigenvalue weighted by molar-refractivity contribution is 5.75. The van der Waals surface area contributed by atoms with Crippen molar-refractivity contribution in [3.63, 3.8) is 0 Å². The van der Waals surface area contributed by atoms with E-state index in [0.29, 0.717) is 13.0 Å². The molecular formula is C12H21NO3. The van der Waals surface area contributed by atoms with E-state index in [1.165, 1.54) is 0 Å². The van der Waals surface area contributed by atoms with Gasteiger partial charge in [0.1, 0.15) is 12.2 Å². The first-order valence-corrected chi connectivity index (χ1v) is 5.73. The molecule has 0 N–H and O–H groups in total. The Morgan fingerprint density at radius 2 is 2.19 bits per heavy atom. The third kappa shape index (κ3) is 3.32. The van der Waals surface area contributed by atoms with E-state index in [-0.39, 0.29) is 18.1 Å². The van der Waals surface area contributed by atoms with Gasteiger partial charge in [0, 0.05) is 33.7 Å². The molecule has 16 heavy (non-hydrogen) atoms. The lowest BCUT2D eigenvalue weighted by Crippen LogP contribution is -2.44. The van der Waals surface area contributed by atoms with E-state index in [9.17, 15) is 4.79 Å². The van der Waals surface area contributed by atoms with Crippen LogP contribution in [-0.2, 0) is 14.3 Å². The molecular weight excluding hydrogens is 206 g/mol. The molecule has 2 atom stereocenters. The molecule has 1 aliphatic heterocycles. The Balaban J connectivity index is 2.73. The van der Waals surface area contributed by atoms with Crippen LogP contribution in [0.25, 0.3) is 0 Å². The molecule has 0 bridgehead atoms. The third-order valence-electron chi connectivity index (χ3n) is 2.89. The number of hydrogen-bond acceptors (Lipinski definition) is 3. The number of rotatable bonds is 3. The summed E-state index contributed by atoms with van der Waals surface area (Å²) in [5.41, 5.74) is 0. The molecule has 0 aliphatic carbocycles. The van der Waals surface area contributed by atoms with Gasteiger partial charge < -0.3 is 14.4 Å². The minimum absolute atomic E-state index is 0.0718. The number of methoxy groups -OCH3 is 2. The van der Waals surface area contributed by atoms with Crippen molar-refractivity contribution in [2.75, 3.05) is 27.3 Å². The minimum atomic E-state index is -0.0861. The zero-order valence-electron chi connectivity index (χ0n) is 10.3. The van der Waals surface area contributed by atoms with Crippen LogP contribution in [0.2, 0.25) is 0 Å². The maximum atomic E-state index is 11.7. The van der Waals surface area contributed by atoms with Crippen LogP contribution in [0, 0.1) is 0 Å². The Labute approximate surface area is 97.2 Å². The normalized spacial score (nSPS) is 28.3. The summed E-state index contributed by atoms with van der Waals surface area (Å²) < 4.78 is 10.7. The predicted octanol–water partition coefficient (Wildman–Crippen LogP) is 1.21. The maximum absolute atomic E-state index is 11.7. The Hall–Kier alpha value is -0.870. The second-order valence-corrected chi connectivity index (χ2v) is 3.88. The molecule has 0 aromatic carbocycles. The second-order valence-electron chi connectivity index (χ2n) is 3.88. The van der Waals surface area contributed by atoms with Gasteiger partial charge in [0.15, 0.2) is 0 Å². The van der Waals surface area contributed by atoms with E-state index < -0.39 is 0 Å².